The van der Waals surface area contributed by atoms with Crippen molar-refractivity contribution in [1.82, 2.24) is 0 Å². The number of esters is 1. The normalized spacial score (nSPS) is 19.9. The number of Topliss-reactive ketones (excluding diaryl/α,β-unsaturated/α-hetero) is 1. The van der Waals surface area contributed by atoms with Crippen LogP contribution in [-0.4, -0.2) is 29.5 Å². The Labute approximate surface area is 201 Å². The van der Waals surface area contributed by atoms with Crippen LogP contribution in [0.15, 0.2) is 58.7 Å². The van der Waals surface area contributed by atoms with Crippen molar-refractivity contribution in [2.24, 2.45) is 10.9 Å². The highest BCUT2D eigenvalue weighted by Crippen LogP contribution is 2.45. The first-order valence-electron chi connectivity index (χ1n) is 10.8. The molecule has 0 fully saturated rings. The fraction of sp³-hybridized carbons (Fsp3) is 0.320. The third kappa shape index (κ3) is 4.59. The number of hydrogen-bond acceptors (Lipinski definition) is 7. The topological polar surface area (TPSA) is 108 Å². The first kappa shape index (κ1) is 23.6. The summed E-state index contributed by atoms with van der Waals surface area (Å²) in [7, 11) is 1.27. The second-order valence-corrected chi connectivity index (χ2v) is 8.70. The zero-order chi connectivity index (χ0) is 24.4. The lowest BCUT2D eigenvalue weighted by Gasteiger charge is -2.34. The summed E-state index contributed by atoms with van der Waals surface area (Å²) in [5.41, 5.74) is 2.63. The van der Waals surface area contributed by atoms with E-state index >= 15 is 0 Å². The highest BCUT2D eigenvalue weighted by atomic mass is 35.5. The van der Waals surface area contributed by atoms with Crippen LogP contribution in [0.25, 0.3) is 0 Å². The van der Waals surface area contributed by atoms with Crippen LogP contribution in [0.1, 0.15) is 43.2 Å². The molecule has 1 heterocycles. The molecular weight excluding hydrogens is 460 g/mol. The van der Waals surface area contributed by atoms with Crippen molar-refractivity contribution < 1.29 is 24.0 Å². The van der Waals surface area contributed by atoms with Crippen molar-refractivity contribution in [3.05, 3.63) is 80.0 Å². The van der Waals surface area contributed by atoms with E-state index in [0.717, 1.165) is 5.56 Å². The Hall–Kier alpha value is -3.52. The number of methoxy groups -OCH3 is 1. The van der Waals surface area contributed by atoms with Gasteiger partial charge in [-0.25, -0.2) is 0 Å². The van der Waals surface area contributed by atoms with Crippen LogP contribution in [-0.2, 0) is 20.9 Å². The van der Waals surface area contributed by atoms with Crippen LogP contribution in [0, 0.1) is 16.0 Å². The smallest absolute Gasteiger partial charge is 0.315 e. The number of carbonyl (C=O) groups excluding carboxylic acids is 2. The predicted molar refractivity (Wildman–Crippen MR) is 126 cm³/mol. The minimum Gasteiger partial charge on any atom is -0.482 e. The standard InChI is InChI=1S/C25H23ClN2O6/c1-14-22(25(30)33-2)23(24-18(27-14)4-3-5-20(24)29)16-8-11-21(19(12-16)28(31)32)34-13-15-6-9-17(26)10-7-15/h6-12,22-23H,3-5,13H2,1-2H3/t22?,23-/m1/s1. The highest BCUT2D eigenvalue weighted by Gasteiger charge is 2.43. The number of hydrogen-bond donors (Lipinski definition) is 0. The van der Waals surface area contributed by atoms with Gasteiger partial charge in [0.15, 0.2) is 11.5 Å². The maximum absolute atomic E-state index is 12.9. The Morgan fingerprint density at radius 3 is 2.62 bits per heavy atom. The van der Waals surface area contributed by atoms with E-state index in [-0.39, 0.29) is 23.8 Å². The number of rotatable bonds is 6. The fourth-order valence-corrected chi connectivity index (χ4v) is 4.66. The Kier molecular flexibility index (Phi) is 6.79. The number of aliphatic imine (C=N–C) groups is 1. The summed E-state index contributed by atoms with van der Waals surface area (Å²) in [6.07, 6.45) is 1.65. The van der Waals surface area contributed by atoms with Gasteiger partial charge in [-0.15, -0.1) is 0 Å². The van der Waals surface area contributed by atoms with Crippen molar-refractivity contribution in [3.63, 3.8) is 0 Å². The molecule has 0 saturated heterocycles. The Bertz CT molecular complexity index is 1220. The van der Waals surface area contributed by atoms with E-state index in [9.17, 15) is 19.7 Å². The molecule has 2 aromatic carbocycles. The van der Waals surface area contributed by atoms with Gasteiger partial charge in [-0.05, 0) is 49.1 Å². The average molecular weight is 483 g/mol. The molecule has 0 N–H and O–H groups in total. The Morgan fingerprint density at radius 2 is 1.94 bits per heavy atom. The van der Waals surface area contributed by atoms with Gasteiger partial charge in [-0.3, -0.25) is 24.7 Å². The van der Waals surface area contributed by atoms with Gasteiger partial charge in [0.1, 0.15) is 12.5 Å². The summed E-state index contributed by atoms with van der Waals surface area (Å²) < 4.78 is 10.7. The maximum Gasteiger partial charge on any atom is 0.315 e. The molecule has 1 unspecified atom stereocenters. The first-order chi connectivity index (χ1) is 16.3. The van der Waals surface area contributed by atoms with Gasteiger partial charge < -0.3 is 9.47 Å². The van der Waals surface area contributed by atoms with Gasteiger partial charge in [0.2, 0.25) is 0 Å². The third-order valence-electron chi connectivity index (χ3n) is 6.14. The molecule has 9 heteroatoms. The number of nitro benzene ring substituents is 1. The largest absolute Gasteiger partial charge is 0.482 e. The van der Waals surface area contributed by atoms with Crippen molar-refractivity contribution in [3.8, 4) is 5.75 Å². The summed E-state index contributed by atoms with van der Waals surface area (Å²) in [6, 6.07) is 11.5. The molecule has 4 rings (SSSR count). The summed E-state index contributed by atoms with van der Waals surface area (Å²) in [5.74, 6) is -2.10. The summed E-state index contributed by atoms with van der Waals surface area (Å²) in [6.45, 7) is 1.83. The van der Waals surface area contributed by atoms with Crippen LogP contribution in [0.3, 0.4) is 0 Å². The number of halogens is 1. The van der Waals surface area contributed by atoms with Crippen molar-refractivity contribution in [2.45, 2.75) is 38.7 Å². The van der Waals surface area contributed by atoms with Crippen LogP contribution in [0.2, 0.25) is 5.02 Å². The molecule has 0 amide bonds. The Balaban J connectivity index is 1.74. The summed E-state index contributed by atoms with van der Waals surface area (Å²) >= 11 is 5.90. The number of nitrogens with zero attached hydrogens (tertiary/aromatic N) is 2. The van der Waals surface area contributed by atoms with Crippen molar-refractivity contribution in [2.75, 3.05) is 7.11 Å². The molecule has 2 aliphatic rings. The predicted octanol–water partition coefficient (Wildman–Crippen LogP) is 5.18. The molecule has 0 radical (unpaired) electrons. The lowest BCUT2D eigenvalue weighted by molar-refractivity contribution is -0.386. The van der Waals surface area contributed by atoms with Crippen molar-refractivity contribution >= 4 is 34.8 Å². The molecule has 176 valence electrons. The molecule has 0 saturated carbocycles. The number of allylic oxidation sites excluding steroid dienone is 2. The van der Waals surface area contributed by atoms with E-state index in [4.69, 9.17) is 21.1 Å². The van der Waals surface area contributed by atoms with E-state index in [2.05, 4.69) is 4.99 Å². The number of ketones is 1. The van der Waals surface area contributed by atoms with Gasteiger partial charge in [0.05, 0.1) is 12.0 Å². The minimum atomic E-state index is -0.841. The lowest BCUT2D eigenvalue weighted by Crippen LogP contribution is -2.36. The molecule has 1 aliphatic heterocycles. The van der Waals surface area contributed by atoms with Crippen LogP contribution < -0.4 is 4.74 Å². The maximum atomic E-state index is 12.9. The van der Waals surface area contributed by atoms with Gasteiger partial charge in [-0.1, -0.05) is 29.8 Å². The zero-order valence-electron chi connectivity index (χ0n) is 18.7. The Morgan fingerprint density at radius 1 is 1.21 bits per heavy atom. The van der Waals surface area contributed by atoms with Crippen LogP contribution in [0.4, 0.5) is 5.69 Å². The van der Waals surface area contributed by atoms with Crippen LogP contribution in [0.5, 0.6) is 5.75 Å². The molecule has 0 spiro atoms. The molecule has 1 aliphatic carbocycles. The van der Waals surface area contributed by atoms with E-state index < -0.39 is 22.7 Å². The van der Waals surface area contributed by atoms with E-state index in [1.165, 1.54) is 19.2 Å². The van der Waals surface area contributed by atoms with Gasteiger partial charge in [0, 0.05) is 40.4 Å². The zero-order valence-corrected chi connectivity index (χ0v) is 19.5. The minimum absolute atomic E-state index is 0.0868. The van der Waals surface area contributed by atoms with Crippen LogP contribution >= 0.6 is 11.6 Å². The molecule has 2 atom stereocenters. The third-order valence-corrected chi connectivity index (χ3v) is 6.39. The number of benzene rings is 2. The monoisotopic (exact) mass is 482 g/mol. The van der Waals surface area contributed by atoms with E-state index in [1.54, 1.807) is 37.3 Å². The van der Waals surface area contributed by atoms with Gasteiger partial charge in [0.25, 0.3) is 0 Å². The molecule has 2 aromatic rings. The lowest BCUT2D eigenvalue weighted by atomic mass is 9.71. The molecule has 8 nitrogen and oxygen atoms in total. The van der Waals surface area contributed by atoms with Gasteiger partial charge in [-0.2, -0.15) is 0 Å². The molecule has 34 heavy (non-hydrogen) atoms. The molecular formula is C25H23ClN2O6. The van der Waals surface area contributed by atoms with Crippen molar-refractivity contribution in [1.29, 1.82) is 0 Å². The first-order valence-corrected chi connectivity index (χ1v) is 11.2. The van der Waals surface area contributed by atoms with E-state index in [1.807, 2.05) is 0 Å². The SMILES string of the molecule is COC(=O)C1C(C)=NC2=C(C(=O)CCC2)[C@@H]1c1ccc(OCc2ccc(Cl)cc2)c([N+](=O)[O-])c1. The second-order valence-electron chi connectivity index (χ2n) is 8.27. The second kappa shape index (κ2) is 9.77. The highest BCUT2D eigenvalue weighted by molar-refractivity contribution is 6.30. The molecule has 0 bridgehead atoms. The molecule has 0 aromatic heterocycles. The summed E-state index contributed by atoms with van der Waals surface area (Å²) in [4.78, 5) is 41.5. The fourth-order valence-electron chi connectivity index (χ4n) is 4.53. The number of nitro groups is 1. The summed E-state index contributed by atoms with van der Waals surface area (Å²) in [5, 5.41) is 12.5. The number of ether oxygens (including phenoxy) is 2. The van der Waals surface area contributed by atoms with E-state index in [0.29, 0.717) is 46.8 Å². The number of carbonyl (C=O) groups is 2. The van der Waals surface area contributed by atoms with Gasteiger partial charge >= 0.3 is 11.7 Å². The quantitative estimate of drug-likeness (QED) is 0.319. The average Bonchev–Trinajstić information content (AvgIpc) is 2.82.